The van der Waals surface area contributed by atoms with Crippen LogP contribution >= 0.6 is 0 Å². The van der Waals surface area contributed by atoms with Crippen LogP contribution in [0.5, 0.6) is 0 Å². The van der Waals surface area contributed by atoms with E-state index in [9.17, 15) is 13.2 Å². The molecule has 0 bridgehead atoms. The molecule has 0 unspecified atom stereocenters. The Bertz CT molecular complexity index is 1010. The quantitative estimate of drug-likeness (QED) is 0.617. The number of piperidine rings is 1. The van der Waals surface area contributed by atoms with Crippen LogP contribution in [0.2, 0.25) is 0 Å². The molecule has 1 fully saturated rings. The second-order valence-corrected chi connectivity index (χ2v) is 9.63. The van der Waals surface area contributed by atoms with Crippen LogP contribution in [0.15, 0.2) is 12.1 Å². The monoisotopic (exact) mass is 435 g/mol. The van der Waals surface area contributed by atoms with Crippen LogP contribution in [0.3, 0.4) is 0 Å². The van der Waals surface area contributed by atoms with Crippen LogP contribution in [0.25, 0.3) is 5.82 Å². The maximum absolute atomic E-state index is 12.4. The number of aryl methyl sites for hydroxylation is 3. The molecule has 0 aromatic carbocycles. The molecule has 0 atom stereocenters. The summed E-state index contributed by atoms with van der Waals surface area (Å²) in [5, 5.41) is 10.6. The molecule has 3 heterocycles. The van der Waals surface area contributed by atoms with Crippen molar-refractivity contribution < 1.29 is 13.2 Å². The second-order valence-electron chi connectivity index (χ2n) is 7.65. The van der Waals surface area contributed by atoms with Gasteiger partial charge in [-0.3, -0.25) is 4.79 Å². The average molecular weight is 436 g/mol. The van der Waals surface area contributed by atoms with Crippen molar-refractivity contribution in [3.8, 4) is 5.82 Å². The number of rotatable bonds is 7. The van der Waals surface area contributed by atoms with E-state index in [2.05, 4.69) is 25.7 Å². The van der Waals surface area contributed by atoms with Crippen LogP contribution in [-0.4, -0.2) is 70.8 Å². The Hall–Kier alpha value is -2.53. The zero-order chi connectivity index (χ0) is 21.9. The number of carbonyl (C=O) groups is 1. The lowest BCUT2D eigenvalue weighted by molar-refractivity contribution is -0.126. The first-order valence-electron chi connectivity index (χ1n) is 9.99. The summed E-state index contributed by atoms with van der Waals surface area (Å²) in [5.74, 6) is 1.80. The largest absolute Gasteiger partial charge is 0.368 e. The third-order valence-electron chi connectivity index (χ3n) is 5.08. The Balaban J connectivity index is 1.49. The van der Waals surface area contributed by atoms with Crippen molar-refractivity contribution in [1.29, 1.82) is 0 Å². The lowest BCUT2D eigenvalue weighted by Gasteiger charge is -2.29. The SMILES string of the molecule is Cc1cc(C)n(-c2cc(NCCNC(=O)C3CCN(S(C)(=O)=O)CC3)nc(C)n2)n1. The highest BCUT2D eigenvalue weighted by molar-refractivity contribution is 7.88. The molecule has 0 aliphatic carbocycles. The van der Waals surface area contributed by atoms with Crippen LogP contribution in [0.1, 0.15) is 30.1 Å². The number of nitrogens with one attached hydrogen (secondary N) is 2. The number of carbonyl (C=O) groups excluding carboxylic acids is 1. The lowest BCUT2D eigenvalue weighted by Crippen LogP contribution is -2.43. The number of amides is 1. The van der Waals surface area contributed by atoms with Crippen molar-refractivity contribution in [2.75, 3.05) is 37.8 Å². The molecule has 1 aliphatic heterocycles. The van der Waals surface area contributed by atoms with E-state index in [1.54, 1.807) is 4.68 Å². The molecule has 0 saturated carbocycles. The first-order chi connectivity index (χ1) is 14.1. The summed E-state index contributed by atoms with van der Waals surface area (Å²) in [6, 6.07) is 3.82. The Morgan fingerprint density at radius 1 is 1.13 bits per heavy atom. The van der Waals surface area contributed by atoms with Crippen molar-refractivity contribution in [2.45, 2.75) is 33.6 Å². The summed E-state index contributed by atoms with van der Waals surface area (Å²) in [6.07, 6.45) is 2.29. The normalized spacial score (nSPS) is 15.9. The summed E-state index contributed by atoms with van der Waals surface area (Å²) in [5.41, 5.74) is 1.91. The number of hydrogen-bond donors (Lipinski definition) is 2. The molecule has 10 nitrogen and oxygen atoms in total. The van der Waals surface area contributed by atoms with Crippen molar-refractivity contribution in [1.82, 2.24) is 29.4 Å². The molecule has 2 N–H and O–H groups in total. The summed E-state index contributed by atoms with van der Waals surface area (Å²) >= 11 is 0. The Labute approximate surface area is 177 Å². The Kier molecular flexibility index (Phi) is 6.71. The number of anilines is 1. The molecular weight excluding hydrogens is 406 g/mol. The van der Waals surface area contributed by atoms with Gasteiger partial charge in [-0.1, -0.05) is 0 Å². The highest BCUT2D eigenvalue weighted by Gasteiger charge is 2.28. The summed E-state index contributed by atoms with van der Waals surface area (Å²) in [7, 11) is -3.18. The number of sulfonamides is 1. The summed E-state index contributed by atoms with van der Waals surface area (Å²) in [6.45, 7) is 7.48. The molecule has 1 amide bonds. The first-order valence-corrected chi connectivity index (χ1v) is 11.8. The lowest BCUT2D eigenvalue weighted by atomic mass is 9.97. The van der Waals surface area contributed by atoms with E-state index in [1.807, 2.05) is 32.9 Å². The third-order valence-corrected chi connectivity index (χ3v) is 6.38. The maximum atomic E-state index is 12.4. The molecule has 0 radical (unpaired) electrons. The van der Waals surface area contributed by atoms with Gasteiger partial charge in [-0.15, -0.1) is 0 Å². The van der Waals surface area contributed by atoms with E-state index < -0.39 is 10.0 Å². The van der Waals surface area contributed by atoms with Gasteiger partial charge < -0.3 is 10.6 Å². The Morgan fingerprint density at radius 2 is 1.83 bits per heavy atom. The predicted octanol–water partition coefficient (Wildman–Crippen LogP) is 0.787. The van der Waals surface area contributed by atoms with Crippen molar-refractivity contribution in [3.63, 3.8) is 0 Å². The van der Waals surface area contributed by atoms with Gasteiger partial charge in [0.15, 0.2) is 5.82 Å². The van der Waals surface area contributed by atoms with Crippen molar-refractivity contribution >= 4 is 21.7 Å². The van der Waals surface area contributed by atoms with Crippen LogP contribution < -0.4 is 10.6 Å². The average Bonchev–Trinajstić information content (AvgIpc) is 3.02. The standard InChI is InChI=1S/C19H29N7O3S/c1-13-11-14(2)26(24-13)18-12-17(22-15(3)23-18)20-7-8-21-19(27)16-5-9-25(10-6-16)30(4,28)29/h11-12,16H,5-10H2,1-4H3,(H,21,27)(H,20,22,23). The summed E-state index contributed by atoms with van der Waals surface area (Å²) < 4.78 is 26.3. The van der Waals surface area contributed by atoms with Gasteiger partial charge in [0.1, 0.15) is 11.6 Å². The third kappa shape index (κ3) is 5.54. The van der Waals surface area contributed by atoms with Gasteiger partial charge in [-0.2, -0.15) is 5.10 Å². The molecule has 0 spiro atoms. The molecule has 3 rings (SSSR count). The van der Waals surface area contributed by atoms with E-state index in [0.29, 0.717) is 56.5 Å². The van der Waals surface area contributed by atoms with Crippen LogP contribution in [0.4, 0.5) is 5.82 Å². The minimum atomic E-state index is -3.18. The number of aromatic nitrogens is 4. The minimum absolute atomic E-state index is 0.0350. The van der Waals surface area contributed by atoms with Gasteiger partial charge in [-0.05, 0) is 39.7 Å². The van der Waals surface area contributed by atoms with Crippen molar-refractivity contribution in [2.24, 2.45) is 5.92 Å². The van der Waals surface area contributed by atoms with E-state index >= 15 is 0 Å². The van der Waals surface area contributed by atoms with Gasteiger partial charge in [0.05, 0.1) is 11.9 Å². The fourth-order valence-corrected chi connectivity index (χ4v) is 4.46. The molecule has 2 aromatic heterocycles. The molecule has 164 valence electrons. The Morgan fingerprint density at radius 3 is 2.43 bits per heavy atom. The highest BCUT2D eigenvalue weighted by atomic mass is 32.2. The molecule has 30 heavy (non-hydrogen) atoms. The number of nitrogens with zero attached hydrogens (tertiary/aromatic N) is 5. The summed E-state index contributed by atoms with van der Waals surface area (Å²) in [4.78, 5) is 21.2. The van der Waals surface area contributed by atoms with Crippen LogP contribution in [0, 0.1) is 26.7 Å². The topological polar surface area (TPSA) is 122 Å². The molecule has 2 aromatic rings. The van der Waals surface area contributed by atoms with Gasteiger partial charge in [0, 0.05) is 43.9 Å². The van der Waals surface area contributed by atoms with Gasteiger partial charge in [0.25, 0.3) is 0 Å². The maximum Gasteiger partial charge on any atom is 0.223 e. The zero-order valence-electron chi connectivity index (χ0n) is 17.8. The fraction of sp³-hybridized carbons (Fsp3) is 0.579. The molecule has 11 heteroatoms. The van der Waals surface area contributed by atoms with E-state index in [0.717, 1.165) is 11.4 Å². The van der Waals surface area contributed by atoms with Gasteiger partial charge in [-0.25, -0.2) is 27.4 Å². The van der Waals surface area contributed by atoms with E-state index in [1.165, 1.54) is 10.6 Å². The predicted molar refractivity (Wildman–Crippen MR) is 114 cm³/mol. The minimum Gasteiger partial charge on any atom is -0.368 e. The highest BCUT2D eigenvalue weighted by Crippen LogP contribution is 2.19. The molecular formula is C19H29N7O3S. The molecule has 1 saturated heterocycles. The number of hydrogen-bond acceptors (Lipinski definition) is 7. The fourth-order valence-electron chi connectivity index (χ4n) is 3.58. The smallest absolute Gasteiger partial charge is 0.223 e. The van der Waals surface area contributed by atoms with Crippen LogP contribution in [-0.2, 0) is 14.8 Å². The van der Waals surface area contributed by atoms with E-state index in [-0.39, 0.29) is 11.8 Å². The first kappa shape index (κ1) is 22.2. The van der Waals surface area contributed by atoms with E-state index in [4.69, 9.17) is 0 Å². The molecule has 1 aliphatic rings. The second kappa shape index (κ2) is 9.09. The van der Waals surface area contributed by atoms with Gasteiger partial charge >= 0.3 is 0 Å². The van der Waals surface area contributed by atoms with Gasteiger partial charge in [0.2, 0.25) is 15.9 Å². The van der Waals surface area contributed by atoms with Crippen molar-refractivity contribution in [3.05, 3.63) is 29.3 Å². The zero-order valence-corrected chi connectivity index (χ0v) is 18.7.